The van der Waals surface area contributed by atoms with E-state index in [1.165, 1.54) is 31.4 Å². The van der Waals surface area contributed by atoms with Crippen LogP contribution < -0.4 is 15.0 Å². The molecular weight excluding hydrogens is 350 g/mol. The molecule has 0 saturated carbocycles. The fraction of sp³-hybridized carbons (Fsp3) is 0.263. The molecule has 8 nitrogen and oxygen atoms in total. The first-order valence-electron chi connectivity index (χ1n) is 8.54. The van der Waals surface area contributed by atoms with Gasteiger partial charge in [0.1, 0.15) is 5.75 Å². The SMILES string of the molecule is COc1ccc(NC(=O)c2ccc([N+](=O)[O-])cc2)cc1N1CCCCC1=O. The van der Waals surface area contributed by atoms with Crippen LogP contribution in [0.15, 0.2) is 42.5 Å². The third-order valence-electron chi connectivity index (χ3n) is 4.39. The van der Waals surface area contributed by atoms with Crippen molar-refractivity contribution in [1.82, 2.24) is 0 Å². The largest absolute Gasteiger partial charge is 0.495 e. The number of non-ortho nitro benzene ring substituents is 1. The van der Waals surface area contributed by atoms with Gasteiger partial charge in [-0.2, -0.15) is 0 Å². The molecule has 8 heteroatoms. The summed E-state index contributed by atoms with van der Waals surface area (Å²) in [5.74, 6) is 0.183. The highest BCUT2D eigenvalue weighted by atomic mass is 16.6. The van der Waals surface area contributed by atoms with E-state index in [2.05, 4.69) is 5.32 Å². The lowest BCUT2D eigenvalue weighted by Gasteiger charge is -2.28. The minimum Gasteiger partial charge on any atom is -0.495 e. The van der Waals surface area contributed by atoms with E-state index >= 15 is 0 Å². The zero-order valence-corrected chi connectivity index (χ0v) is 14.8. The molecule has 0 unspecified atom stereocenters. The van der Waals surface area contributed by atoms with Gasteiger partial charge < -0.3 is 15.0 Å². The molecule has 0 aliphatic carbocycles. The lowest BCUT2D eigenvalue weighted by atomic mass is 10.1. The van der Waals surface area contributed by atoms with Crippen molar-refractivity contribution in [3.8, 4) is 5.75 Å². The molecule has 2 aromatic rings. The summed E-state index contributed by atoms with van der Waals surface area (Å²) in [4.78, 5) is 36.5. The number of ether oxygens (including phenoxy) is 1. The molecule has 27 heavy (non-hydrogen) atoms. The van der Waals surface area contributed by atoms with Crippen molar-refractivity contribution >= 4 is 28.9 Å². The van der Waals surface area contributed by atoms with Gasteiger partial charge in [-0.05, 0) is 43.2 Å². The second-order valence-corrected chi connectivity index (χ2v) is 6.15. The lowest BCUT2D eigenvalue weighted by Crippen LogP contribution is -2.35. The summed E-state index contributed by atoms with van der Waals surface area (Å²) < 4.78 is 5.36. The van der Waals surface area contributed by atoms with E-state index in [1.807, 2.05) is 0 Å². The van der Waals surface area contributed by atoms with Crippen LogP contribution in [0.2, 0.25) is 0 Å². The minimum atomic E-state index is -0.521. The number of carbonyl (C=O) groups excluding carboxylic acids is 2. The second-order valence-electron chi connectivity index (χ2n) is 6.15. The molecule has 2 aromatic carbocycles. The molecule has 0 aromatic heterocycles. The van der Waals surface area contributed by atoms with Crippen LogP contribution in [-0.4, -0.2) is 30.4 Å². The number of nitrogens with one attached hydrogen (secondary N) is 1. The van der Waals surface area contributed by atoms with Crippen molar-refractivity contribution in [2.75, 3.05) is 23.9 Å². The molecule has 0 radical (unpaired) electrons. The molecule has 1 heterocycles. The van der Waals surface area contributed by atoms with Gasteiger partial charge in [-0.3, -0.25) is 19.7 Å². The minimum absolute atomic E-state index is 0.0263. The fourth-order valence-electron chi connectivity index (χ4n) is 2.98. The van der Waals surface area contributed by atoms with Crippen LogP contribution in [0.25, 0.3) is 0 Å². The summed E-state index contributed by atoms with van der Waals surface area (Å²) in [6.45, 7) is 0.606. The highest BCUT2D eigenvalue weighted by molar-refractivity contribution is 6.05. The summed E-state index contributed by atoms with van der Waals surface area (Å²) in [5, 5.41) is 13.5. The third kappa shape index (κ3) is 4.05. The number of hydrogen-bond acceptors (Lipinski definition) is 5. The fourth-order valence-corrected chi connectivity index (χ4v) is 2.98. The number of hydrogen-bond donors (Lipinski definition) is 1. The number of benzene rings is 2. The maximum absolute atomic E-state index is 12.4. The number of piperidine rings is 1. The predicted molar refractivity (Wildman–Crippen MR) is 100 cm³/mol. The Labute approximate surface area is 155 Å². The highest BCUT2D eigenvalue weighted by Crippen LogP contribution is 2.33. The number of carbonyl (C=O) groups is 2. The van der Waals surface area contributed by atoms with Gasteiger partial charge in [0.2, 0.25) is 5.91 Å². The maximum atomic E-state index is 12.4. The van der Waals surface area contributed by atoms with Crippen LogP contribution in [-0.2, 0) is 4.79 Å². The molecule has 1 aliphatic rings. The first-order valence-corrected chi connectivity index (χ1v) is 8.54. The Kier molecular flexibility index (Phi) is 5.35. The molecule has 0 bridgehead atoms. The Balaban J connectivity index is 1.82. The van der Waals surface area contributed by atoms with Crippen molar-refractivity contribution in [3.05, 3.63) is 58.1 Å². The van der Waals surface area contributed by atoms with E-state index in [9.17, 15) is 19.7 Å². The summed E-state index contributed by atoms with van der Waals surface area (Å²) in [6, 6.07) is 10.4. The van der Waals surface area contributed by atoms with E-state index in [0.29, 0.717) is 35.7 Å². The van der Waals surface area contributed by atoms with Crippen molar-refractivity contribution < 1.29 is 19.2 Å². The summed E-state index contributed by atoms with van der Waals surface area (Å²) in [7, 11) is 1.53. The number of amides is 2. The smallest absolute Gasteiger partial charge is 0.269 e. The first kappa shape index (κ1) is 18.4. The summed E-state index contributed by atoms with van der Waals surface area (Å²) in [5.41, 5.74) is 1.34. The number of rotatable bonds is 5. The normalized spacial score (nSPS) is 14.0. The van der Waals surface area contributed by atoms with Crippen molar-refractivity contribution in [2.24, 2.45) is 0 Å². The second kappa shape index (κ2) is 7.86. The number of nitro benzene ring substituents is 1. The zero-order chi connectivity index (χ0) is 19.4. The monoisotopic (exact) mass is 369 g/mol. The van der Waals surface area contributed by atoms with Crippen LogP contribution in [0.4, 0.5) is 17.1 Å². The molecule has 1 fully saturated rings. The molecular formula is C19H19N3O5. The van der Waals surface area contributed by atoms with E-state index in [1.54, 1.807) is 23.1 Å². The van der Waals surface area contributed by atoms with Gasteiger partial charge in [0.05, 0.1) is 17.7 Å². The Morgan fingerprint density at radius 1 is 1.19 bits per heavy atom. The molecule has 0 atom stereocenters. The maximum Gasteiger partial charge on any atom is 0.269 e. The van der Waals surface area contributed by atoms with Gasteiger partial charge in [-0.1, -0.05) is 0 Å². The molecule has 1 saturated heterocycles. The van der Waals surface area contributed by atoms with Crippen LogP contribution in [0.3, 0.4) is 0 Å². The molecule has 140 valence electrons. The first-order chi connectivity index (χ1) is 13.0. The van der Waals surface area contributed by atoms with Gasteiger partial charge >= 0.3 is 0 Å². The Morgan fingerprint density at radius 3 is 2.56 bits per heavy atom. The van der Waals surface area contributed by atoms with Crippen molar-refractivity contribution in [1.29, 1.82) is 0 Å². The van der Waals surface area contributed by atoms with E-state index < -0.39 is 10.8 Å². The number of methoxy groups -OCH3 is 1. The number of nitro groups is 1. The van der Waals surface area contributed by atoms with E-state index in [0.717, 1.165) is 12.8 Å². The van der Waals surface area contributed by atoms with Crippen molar-refractivity contribution in [2.45, 2.75) is 19.3 Å². The number of nitrogens with zero attached hydrogens (tertiary/aromatic N) is 2. The lowest BCUT2D eigenvalue weighted by molar-refractivity contribution is -0.384. The van der Waals surface area contributed by atoms with Crippen LogP contribution in [0.1, 0.15) is 29.6 Å². The van der Waals surface area contributed by atoms with Crippen LogP contribution in [0.5, 0.6) is 5.75 Å². The van der Waals surface area contributed by atoms with Gasteiger partial charge in [0.15, 0.2) is 0 Å². The van der Waals surface area contributed by atoms with Crippen LogP contribution >= 0.6 is 0 Å². The molecule has 2 amide bonds. The standard InChI is InChI=1S/C19H19N3O5/c1-27-17-10-7-14(12-16(17)21-11-3-2-4-18(21)23)20-19(24)13-5-8-15(9-6-13)22(25)26/h5-10,12H,2-4,11H2,1H3,(H,20,24). The van der Waals surface area contributed by atoms with Gasteiger partial charge in [-0.25, -0.2) is 0 Å². The average molecular weight is 369 g/mol. The van der Waals surface area contributed by atoms with Gasteiger partial charge in [0.25, 0.3) is 11.6 Å². The van der Waals surface area contributed by atoms with Crippen LogP contribution in [0, 0.1) is 10.1 Å². The topological polar surface area (TPSA) is 102 Å². The highest BCUT2D eigenvalue weighted by Gasteiger charge is 2.23. The molecule has 1 aliphatic heterocycles. The summed E-state index contributed by atoms with van der Waals surface area (Å²) >= 11 is 0. The Hall–Kier alpha value is -3.42. The average Bonchev–Trinajstić information content (AvgIpc) is 2.68. The van der Waals surface area contributed by atoms with Gasteiger partial charge in [0, 0.05) is 36.3 Å². The molecule has 3 rings (SSSR count). The Bertz CT molecular complexity index is 879. The number of anilines is 2. The van der Waals surface area contributed by atoms with Crippen molar-refractivity contribution in [3.63, 3.8) is 0 Å². The van der Waals surface area contributed by atoms with E-state index in [4.69, 9.17) is 4.74 Å². The Morgan fingerprint density at radius 2 is 1.93 bits per heavy atom. The molecule has 1 N–H and O–H groups in total. The quantitative estimate of drug-likeness (QED) is 0.643. The van der Waals surface area contributed by atoms with Gasteiger partial charge in [-0.15, -0.1) is 0 Å². The summed E-state index contributed by atoms with van der Waals surface area (Å²) in [6.07, 6.45) is 2.27. The predicted octanol–water partition coefficient (Wildman–Crippen LogP) is 3.37. The third-order valence-corrected chi connectivity index (χ3v) is 4.39. The zero-order valence-electron chi connectivity index (χ0n) is 14.8. The van der Waals surface area contributed by atoms with E-state index in [-0.39, 0.29) is 11.6 Å². The molecule has 0 spiro atoms.